The van der Waals surface area contributed by atoms with Crippen LogP contribution in [0.25, 0.3) is 0 Å². The van der Waals surface area contributed by atoms with Gasteiger partial charge in [-0.25, -0.2) is 0 Å². The second-order valence-corrected chi connectivity index (χ2v) is 6.83. The van der Waals surface area contributed by atoms with E-state index in [0.717, 1.165) is 36.5 Å². The number of carbonyl (C=O) groups excluding carboxylic acids is 1. The summed E-state index contributed by atoms with van der Waals surface area (Å²) in [5, 5.41) is 4.94. The van der Waals surface area contributed by atoms with E-state index in [4.69, 9.17) is 4.74 Å². The Bertz CT molecular complexity index is 625. The van der Waals surface area contributed by atoms with Crippen molar-refractivity contribution in [2.75, 3.05) is 30.4 Å². The van der Waals surface area contributed by atoms with E-state index in [1.54, 1.807) is 18.4 Å². The Morgan fingerprint density at radius 3 is 2.87 bits per heavy atom. The molecule has 122 valence electrons. The first-order valence-corrected chi connectivity index (χ1v) is 8.82. The Hall–Kier alpha value is -1.85. The molecule has 0 radical (unpaired) electrons. The maximum atomic E-state index is 12.0. The SMILES string of the molecule is COC1CCCN(c2ccc(NC(=O)Cc3cccs3)cc2)C1. The average Bonchev–Trinajstić information content (AvgIpc) is 3.08. The summed E-state index contributed by atoms with van der Waals surface area (Å²) >= 11 is 1.61. The van der Waals surface area contributed by atoms with Gasteiger partial charge in [0.05, 0.1) is 12.5 Å². The van der Waals surface area contributed by atoms with Gasteiger partial charge in [-0.05, 0) is 48.6 Å². The largest absolute Gasteiger partial charge is 0.380 e. The van der Waals surface area contributed by atoms with E-state index in [1.165, 1.54) is 5.69 Å². The molecule has 1 N–H and O–H groups in total. The Morgan fingerprint density at radius 1 is 1.35 bits per heavy atom. The predicted octanol–water partition coefficient (Wildman–Crippen LogP) is 3.54. The minimum atomic E-state index is 0.0256. The number of amides is 1. The molecule has 1 aliphatic heterocycles. The smallest absolute Gasteiger partial charge is 0.229 e. The number of rotatable bonds is 5. The molecule has 23 heavy (non-hydrogen) atoms. The summed E-state index contributed by atoms with van der Waals surface area (Å²) < 4.78 is 5.47. The first kappa shape index (κ1) is 16.0. The van der Waals surface area contributed by atoms with Gasteiger partial charge >= 0.3 is 0 Å². The molecular formula is C18H22N2O2S. The lowest BCUT2D eigenvalue weighted by Crippen LogP contribution is -2.39. The van der Waals surface area contributed by atoms with E-state index in [-0.39, 0.29) is 5.91 Å². The van der Waals surface area contributed by atoms with E-state index < -0.39 is 0 Å². The van der Waals surface area contributed by atoms with Crippen LogP contribution in [0, 0.1) is 0 Å². The number of anilines is 2. The summed E-state index contributed by atoms with van der Waals surface area (Å²) in [5.41, 5.74) is 2.03. The Balaban J connectivity index is 1.57. The standard InChI is InChI=1S/C18H22N2O2S/c1-22-16-4-2-10-20(13-16)15-8-6-14(7-9-15)19-18(21)12-17-5-3-11-23-17/h3,5-9,11,16H,2,4,10,12-13H2,1H3,(H,19,21). The van der Waals surface area contributed by atoms with Crippen LogP contribution in [0.2, 0.25) is 0 Å². The topological polar surface area (TPSA) is 41.6 Å². The molecular weight excluding hydrogens is 308 g/mol. The van der Waals surface area contributed by atoms with Crippen molar-refractivity contribution in [1.29, 1.82) is 0 Å². The average molecular weight is 330 g/mol. The zero-order valence-electron chi connectivity index (χ0n) is 13.3. The lowest BCUT2D eigenvalue weighted by Gasteiger charge is -2.33. The molecule has 1 aliphatic rings. The quantitative estimate of drug-likeness (QED) is 0.911. The van der Waals surface area contributed by atoms with Crippen molar-refractivity contribution in [3.63, 3.8) is 0 Å². The van der Waals surface area contributed by atoms with E-state index in [2.05, 4.69) is 22.3 Å². The number of nitrogens with zero attached hydrogens (tertiary/aromatic N) is 1. The number of hydrogen-bond acceptors (Lipinski definition) is 4. The molecule has 5 heteroatoms. The lowest BCUT2D eigenvalue weighted by atomic mass is 10.1. The maximum Gasteiger partial charge on any atom is 0.229 e. The summed E-state index contributed by atoms with van der Waals surface area (Å²) in [7, 11) is 1.78. The van der Waals surface area contributed by atoms with Crippen LogP contribution in [0.1, 0.15) is 17.7 Å². The van der Waals surface area contributed by atoms with Crippen LogP contribution in [-0.2, 0) is 16.0 Å². The fraction of sp³-hybridized carbons (Fsp3) is 0.389. The molecule has 0 bridgehead atoms. The van der Waals surface area contributed by atoms with Crippen LogP contribution in [-0.4, -0.2) is 32.2 Å². The molecule has 1 atom stereocenters. The van der Waals surface area contributed by atoms with Gasteiger partial charge in [-0.1, -0.05) is 6.07 Å². The highest BCUT2D eigenvalue weighted by atomic mass is 32.1. The minimum Gasteiger partial charge on any atom is -0.380 e. The van der Waals surface area contributed by atoms with Crippen LogP contribution in [0.15, 0.2) is 41.8 Å². The van der Waals surface area contributed by atoms with E-state index in [0.29, 0.717) is 12.5 Å². The zero-order chi connectivity index (χ0) is 16.1. The first-order valence-electron chi connectivity index (χ1n) is 7.94. The molecule has 0 saturated carbocycles. The normalized spacial score (nSPS) is 18.0. The van der Waals surface area contributed by atoms with Gasteiger partial charge in [-0.3, -0.25) is 4.79 Å². The molecule has 2 heterocycles. The highest BCUT2D eigenvalue weighted by Crippen LogP contribution is 2.23. The van der Waals surface area contributed by atoms with Gasteiger partial charge in [0.25, 0.3) is 0 Å². The van der Waals surface area contributed by atoms with Crippen LogP contribution in [0.4, 0.5) is 11.4 Å². The predicted molar refractivity (Wildman–Crippen MR) is 95.3 cm³/mol. The molecule has 0 aliphatic carbocycles. The van der Waals surface area contributed by atoms with Crippen molar-refractivity contribution < 1.29 is 9.53 Å². The molecule has 1 fully saturated rings. The van der Waals surface area contributed by atoms with Crippen molar-refractivity contribution in [1.82, 2.24) is 0 Å². The molecule has 1 amide bonds. The van der Waals surface area contributed by atoms with Gasteiger partial charge in [0.2, 0.25) is 5.91 Å². The van der Waals surface area contributed by atoms with Crippen LogP contribution >= 0.6 is 11.3 Å². The molecule has 4 nitrogen and oxygen atoms in total. The Kier molecular flexibility index (Phi) is 5.31. The number of hydrogen-bond donors (Lipinski definition) is 1. The van der Waals surface area contributed by atoms with Gasteiger partial charge in [-0.2, -0.15) is 0 Å². The monoisotopic (exact) mass is 330 g/mol. The van der Waals surface area contributed by atoms with Gasteiger partial charge in [0.15, 0.2) is 0 Å². The number of benzene rings is 1. The van der Waals surface area contributed by atoms with Gasteiger partial charge in [0.1, 0.15) is 0 Å². The number of thiophene rings is 1. The Labute approximate surface area is 141 Å². The van der Waals surface area contributed by atoms with Crippen molar-refractivity contribution in [3.05, 3.63) is 46.7 Å². The molecule has 1 unspecified atom stereocenters. The van der Waals surface area contributed by atoms with Gasteiger partial charge in [0, 0.05) is 36.5 Å². The third-order valence-corrected chi connectivity index (χ3v) is 5.02. The first-order chi connectivity index (χ1) is 11.2. The summed E-state index contributed by atoms with van der Waals surface area (Å²) in [4.78, 5) is 15.4. The summed E-state index contributed by atoms with van der Waals surface area (Å²) in [6.45, 7) is 1.99. The van der Waals surface area contributed by atoms with E-state index >= 15 is 0 Å². The lowest BCUT2D eigenvalue weighted by molar-refractivity contribution is -0.115. The number of ether oxygens (including phenoxy) is 1. The second-order valence-electron chi connectivity index (χ2n) is 5.80. The zero-order valence-corrected chi connectivity index (χ0v) is 14.1. The highest BCUT2D eigenvalue weighted by molar-refractivity contribution is 7.10. The van der Waals surface area contributed by atoms with Gasteiger partial charge in [-0.15, -0.1) is 11.3 Å². The number of piperidine rings is 1. The Morgan fingerprint density at radius 2 is 2.17 bits per heavy atom. The number of nitrogens with one attached hydrogen (secondary N) is 1. The molecule has 3 rings (SSSR count). The number of carbonyl (C=O) groups is 1. The van der Waals surface area contributed by atoms with E-state index in [9.17, 15) is 4.79 Å². The number of methoxy groups -OCH3 is 1. The van der Waals surface area contributed by atoms with Gasteiger partial charge < -0.3 is 15.0 Å². The highest BCUT2D eigenvalue weighted by Gasteiger charge is 2.19. The van der Waals surface area contributed by atoms with Crippen LogP contribution in [0.5, 0.6) is 0 Å². The maximum absolute atomic E-state index is 12.0. The third-order valence-electron chi connectivity index (χ3n) is 4.14. The van der Waals surface area contributed by atoms with Crippen molar-refractivity contribution in [3.8, 4) is 0 Å². The van der Waals surface area contributed by atoms with Crippen molar-refractivity contribution in [2.45, 2.75) is 25.4 Å². The molecule has 1 saturated heterocycles. The molecule has 0 spiro atoms. The molecule has 1 aromatic carbocycles. The van der Waals surface area contributed by atoms with E-state index in [1.807, 2.05) is 29.6 Å². The minimum absolute atomic E-state index is 0.0256. The van der Waals surface area contributed by atoms with Crippen molar-refractivity contribution in [2.24, 2.45) is 0 Å². The second kappa shape index (κ2) is 7.62. The molecule has 2 aromatic rings. The summed E-state index contributed by atoms with van der Waals surface area (Å²) in [6, 6.07) is 12.0. The third kappa shape index (κ3) is 4.33. The molecule has 1 aromatic heterocycles. The fourth-order valence-electron chi connectivity index (χ4n) is 2.90. The fourth-order valence-corrected chi connectivity index (χ4v) is 3.60. The summed E-state index contributed by atoms with van der Waals surface area (Å²) in [6.07, 6.45) is 3.02. The van der Waals surface area contributed by atoms with Crippen LogP contribution < -0.4 is 10.2 Å². The van der Waals surface area contributed by atoms with Crippen molar-refractivity contribution >= 4 is 28.6 Å². The summed E-state index contributed by atoms with van der Waals surface area (Å²) in [5.74, 6) is 0.0256. The van der Waals surface area contributed by atoms with Crippen LogP contribution in [0.3, 0.4) is 0 Å².